The molecule has 2 aromatic rings. The van der Waals surface area contributed by atoms with Gasteiger partial charge in [0.05, 0.1) is 5.02 Å². The molecule has 1 atom stereocenters. The van der Waals surface area contributed by atoms with Gasteiger partial charge in [0.25, 0.3) is 5.91 Å². The minimum atomic E-state index is -0.209. The minimum Gasteiger partial charge on any atom is -0.482 e. The molecule has 0 aliphatic carbocycles. The van der Waals surface area contributed by atoms with Crippen LogP contribution in [0.3, 0.4) is 0 Å². The maximum Gasteiger partial charge on any atom is 0.262 e. The fourth-order valence-electron chi connectivity index (χ4n) is 2.19. The van der Waals surface area contributed by atoms with Crippen molar-refractivity contribution < 1.29 is 9.53 Å². The Balaban J connectivity index is 1.90. The zero-order chi connectivity index (χ0) is 16.8. The molecule has 0 unspecified atom stereocenters. The van der Waals surface area contributed by atoms with Crippen LogP contribution in [0.25, 0.3) is 0 Å². The number of aryl methyl sites for hydroxylation is 1. The van der Waals surface area contributed by atoms with E-state index in [9.17, 15) is 4.79 Å². The molecule has 4 heteroatoms. The first-order valence-corrected chi connectivity index (χ1v) is 8.16. The van der Waals surface area contributed by atoms with Gasteiger partial charge in [0.15, 0.2) is 6.61 Å². The highest BCUT2D eigenvalue weighted by molar-refractivity contribution is 6.32. The van der Waals surface area contributed by atoms with Crippen molar-refractivity contribution in [1.29, 1.82) is 0 Å². The number of ether oxygens (including phenoxy) is 1. The number of rotatable bonds is 6. The number of amides is 1. The van der Waals surface area contributed by atoms with Crippen molar-refractivity contribution in [2.45, 2.75) is 33.1 Å². The zero-order valence-electron chi connectivity index (χ0n) is 13.7. The molecular formula is C19H22ClNO2. The summed E-state index contributed by atoms with van der Waals surface area (Å²) in [6, 6.07) is 13.4. The number of carbonyl (C=O) groups excluding carboxylic acids is 1. The fourth-order valence-corrected chi connectivity index (χ4v) is 2.36. The molecule has 3 nitrogen and oxygen atoms in total. The Morgan fingerprint density at radius 3 is 2.57 bits per heavy atom. The van der Waals surface area contributed by atoms with Gasteiger partial charge in [0, 0.05) is 5.69 Å². The molecule has 0 heterocycles. The van der Waals surface area contributed by atoms with Crippen LogP contribution in [0, 0.1) is 6.92 Å². The van der Waals surface area contributed by atoms with E-state index in [2.05, 4.69) is 19.2 Å². The second-order valence-electron chi connectivity index (χ2n) is 5.70. The monoisotopic (exact) mass is 331 g/mol. The Morgan fingerprint density at radius 2 is 1.91 bits per heavy atom. The van der Waals surface area contributed by atoms with Crippen molar-refractivity contribution in [3.05, 3.63) is 58.6 Å². The third-order valence-electron chi connectivity index (χ3n) is 3.82. The summed E-state index contributed by atoms with van der Waals surface area (Å²) in [5, 5.41) is 3.32. The Labute approximate surface area is 142 Å². The second-order valence-corrected chi connectivity index (χ2v) is 6.11. The smallest absolute Gasteiger partial charge is 0.262 e. The molecule has 0 saturated heterocycles. The lowest BCUT2D eigenvalue weighted by atomic mass is 9.99. The maximum atomic E-state index is 12.0. The maximum absolute atomic E-state index is 12.0. The van der Waals surface area contributed by atoms with Gasteiger partial charge in [-0.2, -0.15) is 0 Å². The first-order valence-electron chi connectivity index (χ1n) is 7.78. The van der Waals surface area contributed by atoms with Crippen LogP contribution in [0.4, 0.5) is 5.69 Å². The number of nitrogens with one attached hydrogen (secondary N) is 1. The highest BCUT2D eigenvalue weighted by Crippen LogP contribution is 2.25. The van der Waals surface area contributed by atoms with E-state index in [1.165, 1.54) is 5.56 Å². The molecule has 23 heavy (non-hydrogen) atoms. The SMILES string of the molecule is CC[C@@H](C)c1ccc(NC(=O)COc2cc(C)ccc2Cl)cc1. The first kappa shape index (κ1) is 17.4. The molecule has 0 radical (unpaired) electrons. The van der Waals surface area contributed by atoms with Crippen LogP contribution in [0.1, 0.15) is 37.3 Å². The average Bonchev–Trinajstić information content (AvgIpc) is 2.55. The molecule has 0 aliphatic heterocycles. The van der Waals surface area contributed by atoms with Gasteiger partial charge in [0.1, 0.15) is 5.75 Å². The van der Waals surface area contributed by atoms with Gasteiger partial charge in [0.2, 0.25) is 0 Å². The number of benzene rings is 2. The number of halogens is 1. The predicted molar refractivity (Wildman–Crippen MR) is 95.5 cm³/mol. The number of hydrogen-bond acceptors (Lipinski definition) is 2. The van der Waals surface area contributed by atoms with Gasteiger partial charge in [-0.05, 0) is 54.7 Å². The van der Waals surface area contributed by atoms with Crippen LogP contribution in [-0.4, -0.2) is 12.5 Å². The van der Waals surface area contributed by atoms with Crippen LogP contribution < -0.4 is 10.1 Å². The van der Waals surface area contributed by atoms with E-state index in [0.717, 1.165) is 17.7 Å². The van der Waals surface area contributed by atoms with Crippen molar-refractivity contribution in [3.8, 4) is 5.75 Å². The summed E-state index contributed by atoms with van der Waals surface area (Å²) in [4.78, 5) is 12.0. The lowest BCUT2D eigenvalue weighted by Crippen LogP contribution is -2.20. The van der Waals surface area contributed by atoms with Crippen LogP contribution in [0.2, 0.25) is 5.02 Å². The summed E-state index contributed by atoms with van der Waals surface area (Å²) in [6.07, 6.45) is 1.09. The summed E-state index contributed by atoms with van der Waals surface area (Å²) in [5.74, 6) is 0.833. The van der Waals surface area contributed by atoms with E-state index in [-0.39, 0.29) is 12.5 Å². The Bertz CT molecular complexity index is 668. The Hall–Kier alpha value is -2.00. The Kier molecular flexibility index (Phi) is 6.05. The van der Waals surface area contributed by atoms with E-state index in [0.29, 0.717) is 16.7 Å². The van der Waals surface area contributed by atoms with Crippen LogP contribution in [0.15, 0.2) is 42.5 Å². The fraction of sp³-hybridized carbons (Fsp3) is 0.316. The highest BCUT2D eigenvalue weighted by Gasteiger charge is 2.08. The summed E-state index contributed by atoms with van der Waals surface area (Å²) < 4.78 is 5.49. The van der Waals surface area contributed by atoms with Crippen molar-refractivity contribution in [2.75, 3.05) is 11.9 Å². The molecule has 0 bridgehead atoms. The van der Waals surface area contributed by atoms with Gasteiger partial charge in [-0.1, -0.05) is 43.6 Å². The van der Waals surface area contributed by atoms with Crippen molar-refractivity contribution in [3.63, 3.8) is 0 Å². The normalized spacial score (nSPS) is 11.8. The molecule has 122 valence electrons. The van der Waals surface area contributed by atoms with Crippen LogP contribution in [0.5, 0.6) is 5.75 Å². The minimum absolute atomic E-state index is 0.0731. The van der Waals surface area contributed by atoms with Crippen molar-refractivity contribution in [2.24, 2.45) is 0 Å². The van der Waals surface area contributed by atoms with E-state index >= 15 is 0 Å². The lowest BCUT2D eigenvalue weighted by Gasteiger charge is -2.11. The summed E-state index contributed by atoms with van der Waals surface area (Å²) in [6.45, 7) is 6.22. The van der Waals surface area contributed by atoms with Gasteiger partial charge in [-0.15, -0.1) is 0 Å². The number of hydrogen-bond donors (Lipinski definition) is 1. The Morgan fingerprint density at radius 1 is 1.22 bits per heavy atom. The van der Waals surface area contributed by atoms with E-state index < -0.39 is 0 Å². The topological polar surface area (TPSA) is 38.3 Å². The molecule has 0 saturated carbocycles. The first-order chi connectivity index (χ1) is 11.0. The molecular weight excluding hydrogens is 310 g/mol. The third kappa shape index (κ3) is 5.00. The zero-order valence-corrected chi connectivity index (χ0v) is 14.5. The van der Waals surface area contributed by atoms with E-state index in [1.54, 1.807) is 6.07 Å². The predicted octanol–water partition coefficient (Wildman–Crippen LogP) is 5.18. The largest absolute Gasteiger partial charge is 0.482 e. The molecule has 0 spiro atoms. The molecule has 1 N–H and O–H groups in total. The molecule has 0 fully saturated rings. The summed E-state index contributed by atoms with van der Waals surface area (Å²) in [5.41, 5.74) is 3.07. The van der Waals surface area contributed by atoms with Crippen LogP contribution >= 0.6 is 11.6 Å². The van der Waals surface area contributed by atoms with Crippen LogP contribution in [-0.2, 0) is 4.79 Å². The average molecular weight is 332 g/mol. The summed E-state index contributed by atoms with van der Waals surface area (Å²) in [7, 11) is 0. The van der Waals surface area contributed by atoms with E-state index in [1.807, 2.05) is 43.3 Å². The number of carbonyl (C=O) groups is 1. The van der Waals surface area contributed by atoms with E-state index in [4.69, 9.17) is 16.3 Å². The number of anilines is 1. The molecule has 0 aromatic heterocycles. The summed E-state index contributed by atoms with van der Waals surface area (Å²) >= 11 is 6.04. The molecule has 0 aliphatic rings. The molecule has 2 rings (SSSR count). The quantitative estimate of drug-likeness (QED) is 0.792. The molecule has 1 amide bonds. The van der Waals surface area contributed by atoms with Gasteiger partial charge in [-0.3, -0.25) is 4.79 Å². The van der Waals surface area contributed by atoms with Gasteiger partial charge in [-0.25, -0.2) is 0 Å². The highest BCUT2D eigenvalue weighted by atomic mass is 35.5. The van der Waals surface area contributed by atoms with Gasteiger partial charge >= 0.3 is 0 Å². The lowest BCUT2D eigenvalue weighted by molar-refractivity contribution is -0.118. The standard InChI is InChI=1S/C19H22ClNO2/c1-4-14(3)15-6-8-16(9-7-15)21-19(22)12-23-18-11-13(2)5-10-17(18)20/h5-11,14H,4,12H2,1-3H3,(H,21,22)/t14-/m1/s1. The van der Waals surface area contributed by atoms with Crippen molar-refractivity contribution in [1.82, 2.24) is 0 Å². The second kappa shape index (κ2) is 8.02. The third-order valence-corrected chi connectivity index (χ3v) is 4.13. The van der Waals surface area contributed by atoms with Gasteiger partial charge < -0.3 is 10.1 Å². The molecule has 2 aromatic carbocycles. The van der Waals surface area contributed by atoms with Crippen molar-refractivity contribution >= 4 is 23.2 Å².